The highest BCUT2D eigenvalue weighted by molar-refractivity contribution is 5.95. The van der Waals surface area contributed by atoms with Gasteiger partial charge in [0, 0.05) is 18.2 Å². The summed E-state index contributed by atoms with van der Waals surface area (Å²) in [6, 6.07) is 4.32. The van der Waals surface area contributed by atoms with E-state index >= 15 is 0 Å². The number of carbonyl (C=O) groups is 1. The maximum Gasteiger partial charge on any atom is 0.295 e. The second-order valence-electron chi connectivity index (χ2n) is 5.70. The number of nitro groups is 1. The highest BCUT2D eigenvalue weighted by atomic mass is 16.6. The van der Waals surface area contributed by atoms with Gasteiger partial charge in [-0.2, -0.15) is 5.10 Å². The predicted octanol–water partition coefficient (Wildman–Crippen LogP) is 0.905. The summed E-state index contributed by atoms with van der Waals surface area (Å²) in [7, 11) is 0. The Hall–Kier alpha value is -2.81. The Labute approximate surface area is 138 Å². The summed E-state index contributed by atoms with van der Waals surface area (Å²) >= 11 is 0. The Morgan fingerprint density at radius 2 is 2.38 bits per heavy atom. The molecule has 1 fully saturated rings. The molecule has 1 aliphatic rings. The Kier molecular flexibility index (Phi) is 4.80. The molecule has 1 atom stereocenters. The molecule has 0 aliphatic carbocycles. The van der Waals surface area contributed by atoms with E-state index in [9.17, 15) is 14.9 Å². The van der Waals surface area contributed by atoms with Gasteiger partial charge in [0.1, 0.15) is 18.3 Å². The van der Waals surface area contributed by atoms with E-state index in [0.29, 0.717) is 12.5 Å². The molecule has 0 saturated carbocycles. The third kappa shape index (κ3) is 3.57. The minimum atomic E-state index is -0.530. The molecule has 2 N–H and O–H groups in total. The van der Waals surface area contributed by atoms with Crippen LogP contribution in [-0.4, -0.2) is 45.2 Å². The quantitative estimate of drug-likeness (QED) is 0.601. The highest BCUT2D eigenvalue weighted by Crippen LogP contribution is 2.23. The van der Waals surface area contributed by atoms with Crippen LogP contribution in [0.4, 0.5) is 5.69 Å². The summed E-state index contributed by atoms with van der Waals surface area (Å²) < 4.78 is 1.30. The van der Waals surface area contributed by atoms with Gasteiger partial charge in [-0.3, -0.25) is 14.9 Å². The molecule has 0 spiro atoms. The molecule has 2 aromatic rings. The van der Waals surface area contributed by atoms with Crippen molar-refractivity contribution < 1.29 is 9.72 Å². The zero-order valence-electron chi connectivity index (χ0n) is 13.0. The first-order valence-corrected chi connectivity index (χ1v) is 7.77. The fraction of sp³-hybridized carbons (Fsp3) is 0.400. The van der Waals surface area contributed by atoms with E-state index < -0.39 is 4.92 Å². The second-order valence-corrected chi connectivity index (χ2v) is 5.70. The smallest absolute Gasteiger partial charge is 0.295 e. The van der Waals surface area contributed by atoms with Crippen molar-refractivity contribution in [2.75, 3.05) is 19.6 Å². The average molecular weight is 330 g/mol. The fourth-order valence-corrected chi connectivity index (χ4v) is 2.79. The average Bonchev–Trinajstić information content (AvgIpc) is 3.28. The normalized spacial score (nSPS) is 16.9. The van der Waals surface area contributed by atoms with E-state index in [1.807, 2.05) is 0 Å². The number of hydrogen-bond acceptors (Lipinski definition) is 6. The third-order valence-electron chi connectivity index (χ3n) is 4.10. The van der Waals surface area contributed by atoms with E-state index in [2.05, 4.69) is 20.7 Å². The Bertz CT molecular complexity index is 725. The van der Waals surface area contributed by atoms with E-state index in [1.54, 1.807) is 6.07 Å². The molecule has 1 unspecified atom stereocenters. The van der Waals surface area contributed by atoms with E-state index in [0.717, 1.165) is 25.9 Å². The molecule has 1 amide bonds. The van der Waals surface area contributed by atoms with Crippen LogP contribution in [0.2, 0.25) is 0 Å². The van der Waals surface area contributed by atoms with Gasteiger partial charge in [0.05, 0.1) is 4.92 Å². The summed E-state index contributed by atoms with van der Waals surface area (Å²) in [6.07, 6.45) is 4.69. The number of hydrogen-bond donors (Lipinski definition) is 2. The molecule has 1 saturated heterocycles. The Morgan fingerprint density at radius 3 is 3.04 bits per heavy atom. The highest BCUT2D eigenvalue weighted by Gasteiger charge is 2.20. The summed E-state index contributed by atoms with van der Waals surface area (Å²) in [5.41, 5.74) is 0.342. The lowest BCUT2D eigenvalue weighted by Gasteiger charge is -2.10. The second kappa shape index (κ2) is 7.18. The van der Waals surface area contributed by atoms with Gasteiger partial charge in [0.15, 0.2) is 0 Å². The Balaban J connectivity index is 1.70. The molecular formula is C15H18N6O3. The van der Waals surface area contributed by atoms with Crippen molar-refractivity contribution in [2.45, 2.75) is 12.8 Å². The first-order valence-electron chi connectivity index (χ1n) is 7.77. The maximum atomic E-state index is 12.2. The van der Waals surface area contributed by atoms with Crippen molar-refractivity contribution >= 4 is 11.6 Å². The van der Waals surface area contributed by atoms with Crippen molar-refractivity contribution in [2.24, 2.45) is 5.92 Å². The molecule has 9 heteroatoms. The first kappa shape index (κ1) is 16.1. The van der Waals surface area contributed by atoms with Gasteiger partial charge in [0.2, 0.25) is 0 Å². The number of benzene rings is 1. The van der Waals surface area contributed by atoms with Gasteiger partial charge in [-0.05, 0) is 44.0 Å². The minimum absolute atomic E-state index is 0.187. The molecule has 0 radical (unpaired) electrons. The lowest BCUT2D eigenvalue weighted by atomic mass is 10.1. The fourth-order valence-electron chi connectivity index (χ4n) is 2.79. The summed E-state index contributed by atoms with van der Waals surface area (Å²) in [4.78, 5) is 26.7. The standard InChI is InChI=1S/C15H18N6O3/c22-15(18-6-4-11-3-5-16-8-11)12-1-2-13(14(7-12)21(23)24)20-10-17-9-19-20/h1-2,7,9-11,16H,3-6,8H2,(H,18,22). The van der Waals surface area contributed by atoms with Crippen LogP contribution >= 0.6 is 0 Å². The van der Waals surface area contributed by atoms with Crippen LogP contribution in [0, 0.1) is 16.0 Å². The number of rotatable bonds is 6. The van der Waals surface area contributed by atoms with E-state index in [4.69, 9.17) is 0 Å². The monoisotopic (exact) mass is 330 g/mol. The van der Waals surface area contributed by atoms with Crippen LogP contribution in [0.1, 0.15) is 23.2 Å². The molecule has 1 aliphatic heterocycles. The van der Waals surface area contributed by atoms with Crippen molar-refractivity contribution in [3.63, 3.8) is 0 Å². The van der Waals surface area contributed by atoms with Crippen LogP contribution in [0.25, 0.3) is 5.69 Å². The molecule has 24 heavy (non-hydrogen) atoms. The number of nitrogens with one attached hydrogen (secondary N) is 2. The molecule has 2 heterocycles. The number of carbonyl (C=O) groups excluding carboxylic acids is 1. The molecule has 9 nitrogen and oxygen atoms in total. The first-order chi connectivity index (χ1) is 11.6. The van der Waals surface area contributed by atoms with Crippen LogP contribution in [0.3, 0.4) is 0 Å². The number of nitro benzene ring substituents is 1. The van der Waals surface area contributed by atoms with Gasteiger partial charge in [-0.25, -0.2) is 9.67 Å². The summed E-state index contributed by atoms with van der Waals surface area (Å²) in [6.45, 7) is 2.56. The summed E-state index contributed by atoms with van der Waals surface area (Å²) in [5.74, 6) is 0.267. The topological polar surface area (TPSA) is 115 Å². The molecule has 1 aromatic heterocycles. The maximum absolute atomic E-state index is 12.2. The van der Waals surface area contributed by atoms with E-state index in [1.165, 1.54) is 29.5 Å². The van der Waals surface area contributed by atoms with Gasteiger partial charge in [0.25, 0.3) is 11.6 Å². The molecule has 1 aromatic carbocycles. The van der Waals surface area contributed by atoms with Gasteiger partial charge < -0.3 is 10.6 Å². The number of nitrogens with zero attached hydrogens (tertiary/aromatic N) is 4. The number of amides is 1. The SMILES string of the molecule is O=C(NCCC1CCNC1)c1ccc(-n2cncn2)c([N+](=O)[O-])c1. The van der Waals surface area contributed by atoms with Crippen molar-refractivity contribution in [1.29, 1.82) is 0 Å². The van der Waals surface area contributed by atoms with E-state index in [-0.39, 0.29) is 22.8 Å². The zero-order chi connectivity index (χ0) is 16.9. The van der Waals surface area contributed by atoms with Crippen LogP contribution < -0.4 is 10.6 Å². The lowest BCUT2D eigenvalue weighted by Crippen LogP contribution is -2.26. The van der Waals surface area contributed by atoms with Crippen molar-refractivity contribution in [3.05, 3.63) is 46.5 Å². The largest absolute Gasteiger partial charge is 0.352 e. The van der Waals surface area contributed by atoms with Gasteiger partial charge in [-0.1, -0.05) is 0 Å². The molecule has 126 valence electrons. The molecular weight excluding hydrogens is 312 g/mol. The van der Waals surface area contributed by atoms with Crippen LogP contribution in [0.5, 0.6) is 0 Å². The number of aromatic nitrogens is 3. The third-order valence-corrected chi connectivity index (χ3v) is 4.10. The molecule has 0 bridgehead atoms. The van der Waals surface area contributed by atoms with Crippen LogP contribution in [0.15, 0.2) is 30.9 Å². The van der Waals surface area contributed by atoms with Crippen LogP contribution in [-0.2, 0) is 0 Å². The lowest BCUT2D eigenvalue weighted by molar-refractivity contribution is -0.384. The van der Waals surface area contributed by atoms with Gasteiger partial charge in [-0.15, -0.1) is 0 Å². The summed E-state index contributed by atoms with van der Waals surface area (Å²) in [5, 5.41) is 21.3. The molecule has 3 rings (SSSR count). The van der Waals surface area contributed by atoms with Crippen molar-refractivity contribution in [3.8, 4) is 5.69 Å². The Morgan fingerprint density at radius 1 is 1.50 bits per heavy atom. The minimum Gasteiger partial charge on any atom is -0.352 e. The zero-order valence-corrected chi connectivity index (χ0v) is 13.0. The predicted molar refractivity (Wildman–Crippen MR) is 85.9 cm³/mol. The van der Waals surface area contributed by atoms with Crippen molar-refractivity contribution in [1.82, 2.24) is 25.4 Å². The van der Waals surface area contributed by atoms with Gasteiger partial charge >= 0.3 is 0 Å².